The van der Waals surface area contributed by atoms with E-state index in [1.165, 1.54) is 11.1 Å². The highest BCUT2D eigenvalue weighted by molar-refractivity contribution is 5.25. The fraction of sp³-hybridized carbons (Fsp3) is 0.500. The molecular formula is C12H19N3. The number of benzene rings is 1. The van der Waals surface area contributed by atoms with Crippen molar-refractivity contribution in [2.24, 2.45) is 5.73 Å². The summed E-state index contributed by atoms with van der Waals surface area (Å²) in [5.74, 6) is 0. The van der Waals surface area contributed by atoms with E-state index in [0.29, 0.717) is 6.04 Å². The van der Waals surface area contributed by atoms with Gasteiger partial charge in [0.15, 0.2) is 0 Å². The minimum absolute atomic E-state index is 0.117. The molecule has 0 bridgehead atoms. The zero-order valence-electron chi connectivity index (χ0n) is 9.16. The molecule has 4 N–H and O–H groups in total. The number of nitrogens with one attached hydrogen (secondary N) is 2. The van der Waals surface area contributed by atoms with Crippen LogP contribution in [0.5, 0.6) is 0 Å². The van der Waals surface area contributed by atoms with Crippen molar-refractivity contribution >= 4 is 0 Å². The molecule has 2 rings (SSSR count). The summed E-state index contributed by atoms with van der Waals surface area (Å²) in [5, 5.41) is 0. The van der Waals surface area contributed by atoms with Gasteiger partial charge < -0.3 is 5.73 Å². The monoisotopic (exact) mass is 205 g/mol. The maximum absolute atomic E-state index is 5.75. The Morgan fingerprint density at radius 1 is 1.33 bits per heavy atom. The van der Waals surface area contributed by atoms with Crippen LogP contribution in [0.15, 0.2) is 24.3 Å². The standard InChI is InChI=1S/C12H19N3/c1-9-4-2-3-5-10(9)6-7-11-8-12(13)15-14-11/h2-5,11-12,14-15H,6-8,13H2,1H3. The molecule has 0 radical (unpaired) electrons. The van der Waals surface area contributed by atoms with Gasteiger partial charge >= 0.3 is 0 Å². The van der Waals surface area contributed by atoms with Crippen molar-refractivity contribution in [3.8, 4) is 0 Å². The fourth-order valence-corrected chi connectivity index (χ4v) is 2.06. The smallest absolute Gasteiger partial charge is 0.0694 e. The van der Waals surface area contributed by atoms with Gasteiger partial charge in [0, 0.05) is 6.04 Å². The molecule has 0 aromatic heterocycles. The molecule has 2 unspecified atom stereocenters. The van der Waals surface area contributed by atoms with Gasteiger partial charge in [0.1, 0.15) is 0 Å². The molecule has 1 aliphatic heterocycles. The molecule has 3 heteroatoms. The highest BCUT2D eigenvalue weighted by atomic mass is 15.4. The number of hydrogen-bond donors (Lipinski definition) is 3. The van der Waals surface area contributed by atoms with Crippen LogP contribution < -0.4 is 16.6 Å². The Hall–Kier alpha value is -0.900. The molecule has 1 aliphatic rings. The first-order valence-corrected chi connectivity index (χ1v) is 5.57. The van der Waals surface area contributed by atoms with Crippen LogP contribution in [-0.2, 0) is 6.42 Å². The Labute approximate surface area is 91.0 Å². The normalized spacial score (nSPS) is 25.7. The summed E-state index contributed by atoms with van der Waals surface area (Å²) in [7, 11) is 0. The van der Waals surface area contributed by atoms with Crippen molar-refractivity contribution in [1.82, 2.24) is 10.9 Å². The SMILES string of the molecule is Cc1ccccc1CCC1CC(N)NN1. The van der Waals surface area contributed by atoms with E-state index in [1.807, 2.05) is 0 Å². The molecule has 1 saturated heterocycles. The van der Waals surface area contributed by atoms with E-state index in [-0.39, 0.29) is 6.17 Å². The van der Waals surface area contributed by atoms with Crippen LogP contribution in [0.4, 0.5) is 0 Å². The van der Waals surface area contributed by atoms with Crippen molar-refractivity contribution in [3.63, 3.8) is 0 Å². The van der Waals surface area contributed by atoms with Crippen molar-refractivity contribution in [2.75, 3.05) is 0 Å². The Bertz CT molecular complexity index is 324. The quantitative estimate of drug-likeness (QED) is 0.692. The van der Waals surface area contributed by atoms with E-state index >= 15 is 0 Å². The van der Waals surface area contributed by atoms with Crippen LogP contribution in [0.1, 0.15) is 24.0 Å². The van der Waals surface area contributed by atoms with E-state index < -0.39 is 0 Å². The van der Waals surface area contributed by atoms with Gasteiger partial charge in [-0.1, -0.05) is 24.3 Å². The molecule has 0 aliphatic carbocycles. The first-order valence-electron chi connectivity index (χ1n) is 5.57. The third-order valence-electron chi connectivity index (χ3n) is 3.03. The largest absolute Gasteiger partial charge is 0.315 e. The Kier molecular flexibility index (Phi) is 3.36. The molecule has 1 aromatic carbocycles. The van der Waals surface area contributed by atoms with Gasteiger partial charge in [-0.15, -0.1) is 0 Å². The maximum atomic E-state index is 5.75. The molecule has 2 atom stereocenters. The number of hydrogen-bond acceptors (Lipinski definition) is 3. The average molecular weight is 205 g/mol. The average Bonchev–Trinajstić information content (AvgIpc) is 2.63. The van der Waals surface area contributed by atoms with E-state index in [4.69, 9.17) is 5.73 Å². The highest BCUT2D eigenvalue weighted by Crippen LogP contribution is 2.13. The Morgan fingerprint density at radius 3 is 2.80 bits per heavy atom. The van der Waals surface area contributed by atoms with E-state index in [9.17, 15) is 0 Å². The molecule has 0 spiro atoms. The van der Waals surface area contributed by atoms with Crippen molar-refractivity contribution in [2.45, 2.75) is 38.4 Å². The van der Waals surface area contributed by atoms with Crippen LogP contribution in [0.25, 0.3) is 0 Å². The summed E-state index contributed by atoms with van der Waals surface area (Å²) in [5.41, 5.74) is 14.8. The maximum Gasteiger partial charge on any atom is 0.0694 e. The fourth-order valence-electron chi connectivity index (χ4n) is 2.06. The number of nitrogens with two attached hydrogens (primary N) is 1. The van der Waals surface area contributed by atoms with Crippen LogP contribution in [0, 0.1) is 6.92 Å². The van der Waals surface area contributed by atoms with Crippen LogP contribution in [-0.4, -0.2) is 12.2 Å². The third-order valence-corrected chi connectivity index (χ3v) is 3.03. The zero-order chi connectivity index (χ0) is 10.7. The predicted octanol–water partition coefficient (Wildman–Crippen LogP) is 1.08. The Balaban J connectivity index is 1.86. The molecule has 1 aromatic rings. The highest BCUT2D eigenvalue weighted by Gasteiger charge is 2.19. The van der Waals surface area contributed by atoms with Gasteiger partial charge in [0.25, 0.3) is 0 Å². The first-order chi connectivity index (χ1) is 7.25. The van der Waals surface area contributed by atoms with E-state index in [0.717, 1.165) is 19.3 Å². The van der Waals surface area contributed by atoms with Gasteiger partial charge in [0.05, 0.1) is 6.17 Å². The number of aryl methyl sites for hydroxylation is 2. The molecule has 0 amide bonds. The number of rotatable bonds is 3. The minimum atomic E-state index is 0.117. The van der Waals surface area contributed by atoms with Crippen molar-refractivity contribution in [1.29, 1.82) is 0 Å². The summed E-state index contributed by atoms with van der Waals surface area (Å²) in [6.07, 6.45) is 3.41. The summed E-state index contributed by atoms with van der Waals surface area (Å²) in [6, 6.07) is 9.08. The molecule has 1 heterocycles. The Morgan fingerprint density at radius 2 is 2.13 bits per heavy atom. The van der Waals surface area contributed by atoms with Crippen LogP contribution in [0.3, 0.4) is 0 Å². The lowest BCUT2D eigenvalue weighted by molar-refractivity contribution is 0.516. The summed E-state index contributed by atoms with van der Waals surface area (Å²) >= 11 is 0. The van der Waals surface area contributed by atoms with Gasteiger partial charge in [-0.25, -0.2) is 5.43 Å². The lowest BCUT2D eigenvalue weighted by Gasteiger charge is -2.10. The van der Waals surface area contributed by atoms with Crippen molar-refractivity contribution in [3.05, 3.63) is 35.4 Å². The summed E-state index contributed by atoms with van der Waals surface area (Å²) in [6.45, 7) is 2.17. The van der Waals surface area contributed by atoms with E-state index in [2.05, 4.69) is 42.0 Å². The molecule has 15 heavy (non-hydrogen) atoms. The van der Waals surface area contributed by atoms with E-state index in [1.54, 1.807) is 0 Å². The zero-order valence-corrected chi connectivity index (χ0v) is 9.16. The molecule has 1 fully saturated rings. The molecule has 0 saturated carbocycles. The number of hydrazine groups is 1. The summed E-state index contributed by atoms with van der Waals surface area (Å²) in [4.78, 5) is 0. The lowest BCUT2D eigenvalue weighted by Crippen LogP contribution is -2.37. The predicted molar refractivity (Wildman–Crippen MR) is 62.2 cm³/mol. The molecular weight excluding hydrogens is 186 g/mol. The lowest BCUT2D eigenvalue weighted by atomic mass is 10.00. The second-order valence-electron chi connectivity index (χ2n) is 4.29. The second-order valence-corrected chi connectivity index (χ2v) is 4.29. The minimum Gasteiger partial charge on any atom is -0.315 e. The topological polar surface area (TPSA) is 50.1 Å². The molecule has 3 nitrogen and oxygen atoms in total. The van der Waals surface area contributed by atoms with Gasteiger partial charge in [-0.05, 0) is 37.3 Å². The first kappa shape index (κ1) is 10.6. The summed E-state index contributed by atoms with van der Waals surface area (Å²) < 4.78 is 0. The van der Waals surface area contributed by atoms with Crippen LogP contribution in [0.2, 0.25) is 0 Å². The second kappa shape index (κ2) is 4.75. The van der Waals surface area contributed by atoms with Crippen LogP contribution >= 0.6 is 0 Å². The van der Waals surface area contributed by atoms with Gasteiger partial charge in [-0.3, -0.25) is 5.43 Å². The van der Waals surface area contributed by atoms with Gasteiger partial charge in [-0.2, -0.15) is 0 Å². The van der Waals surface area contributed by atoms with Crippen molar-refractivity contribution < 1.29 is 0 Å². The third kappa shape index (κ3) is 2.78. The molecule has 82 valence electrons. The van der Waals surface area contributed by atoms with Gasteiger partial charge in [0.2, 0.25) is 0 Å².